The molecule has 0 aromatic carbocycles. The lowest BCUT2D eigenvalue weighted by atomic mass is 10.1. The molecule has 0 heterocycles. The molecule has 2 rings (SSSR count). The SMILES string of the molecule is O=C(NCCCC1CC1)N[C@H]1CC[C@@H](C(=O)O)C1. The summed E-state index contributed by atoms with van der Waals surface area (Å²) in [7, 11) is 0. The molecule has 0 spiro atoms. The average molecular weight is 254 g/mol. The van der Waals surface area contributed by atoms with Crippen LogP contribution in [0.1, 0.15) is 44.9 Å². The van der Waals surface area contributed by atoms with Gasteiger partial charge in [-0.25, -0.2) is 4.79 Å². The van der Waals surface area contributed by atoms with Gasteiger partial charge in [-0.15, -0.1) is 0 Å². The van der Waals surface area contributed by atoms with E-state index in [0.717, 1.165) is 25.3 Å². The minimum atomic E-state index is -0.746. The van der Waals surface area contributed by atoms with E-state index in [0.29, 0.717) is 12.8 Å². The van der Waals surface area contributed by atoms with Gasteiger partial charge in [0, 0.05) is 12.6 Å². The number of hydrogen-bond donors (Lipinski definition) is 3. The van der Waals surface area contributed by atoms with Gasteiger partial charge in [0.15, 0.2) is 0 Å². The van der Waals surface area contributed by atoms with Crippen molar-refractivity contribution in [2.24, 2.45) is 11.8 Å². The largest absolute Gasteiger partial charge is 0.481 e. The quantitative estimate of drug-likeness (QED) is 0.632. The van der Waals surface area contributed by atoms with Crippen molar-refractivity contribution >= 4 is 12.0 Å². The Labute approximate surface area is 107 Å². The Morgan fingerprint density at radius 2 is 1.94 bits per heavy atom. The lowest BCUT2D eigenvalue weighted by Gasteiger charge is -2.13. The topological polar surface area (TPSA) is 78.4 Å². The lowest BCUT2D eigenvalue weighted by molar-refractivity contribution is -0.141. The fraction of sp³-hybridized carbons (Fsp3) is 0.846. The first-order valence-corrected chi connectivity index (χ1v) is 6.92. The number of hydrogen-bond acceptors (Lipinski definition) is 2. The van der Waals surface area contributed by atoms with Crippen molar-refractivity contribution in [3.05, 3.63) is 0 Å². The molecule has 5 heteroatoms. The van der Waals surface area contributed by atoms with Crippen molar-refractivity contribution in [2.75, 3.05) is 6.54 Å². The summed E-state index contributed by atoms with van der Waals surface area (Å²) >= 11 is 0. The number of carboxylic acids is 1. The summed E-state index contributed by atoms with van der Waals surface area (Å²) in [4.78, 5) is 22.4. The zero-order chi connectivity index (χ0) is 13.0. The van der Waals surface area contributed by atoms with Crippen LogP contribution in [0.15, 0.2) is 0 Å². The first-order chi connectivity index (χ1) is 8.65. The Kier molecular flexibility index (Phi) is 4.44. The molecule has 2 amide bonds. The molecule has 0 aliphatic heterocycles. The number of carbonyl (C=O) groups is 2. The zero-order valence-corrected chi connectivity index (χ0v) is 10.7. The van der Waals surface area contributed by atoms with Gasteiger partial charge in [-0.05, 0) is 38.0 Å². The minimum Gasteiger partial charge on any atom is -0.481 e. The Bertz CT molecular complexity index is 315. The van der Waals surface area contributed by atoms with Crippen LogP contribution in [0.5, 0.6) is 0 Å². The van der Waals surface area contributed by atoms with Crippen molar-refractivity contribution in [1.29, 1.82) is 0 Å². The van der Waals surface area contributed by atoms with Crippen molar-refractivity contribution in [3.8, 4) is 0 Å². The van der Waals surface area contributed by atoms with Crippen LogP contribution in [0, 0.1) is 11.8 Å². The zero-order valence-electron chi connectivity index (χ0n) is 10.7. The average Bonchev–Trinajstić information content (AvgIpc) is 3.03. The first kappa shape index (κ1) is 13.2. The molecule has 2 fully saturated rings. The summed E-state index contributed by atoms with van der Waals surface area (Å²) < 4.78 is 0. The second-order valence-corrected chi connectivity index (χ2v) is 5.53. The van der Waals surface area contributed by atoms with E-state index in [1.165, 1.54) is 19.3 Å². The predicted molar refractivity (Wildman–Crippen MR) is 67.3 cm³/mol. The molecule has 0 bridgehead atoms. The number of carbonyl (C=O) groups excluding carboxylic acids is 1. The maximum absolute atomic E-state index is 11.6. The second-order valence-electron chi connectivity index (χ2n) is 5.53. The van der Waals surface area contributed by atoms with Gasteiger partial charge in [0.2, 0.25) is 0 Å². The van der Waals surface area contributed by atoms with Gasteiger partial charge < -0.3 is 15.7 Å². The number of aliphatic carboxylic acids is 1. The third-order valence-electron chi connectivity index (χ3n) is 3.89. The van der Waals surface area contributed by atoms with Crippen LogP contribution in [0.2, 0.25) is 0 Å². The highest BCUT2D eigenvalue weighted by molar-refractivity contribution is 5.75. The van der Waals surface area contributed by atoms with Gasteiger partial charge in [0.05, 0.1) is 5.92 Å². The maximum atomic E-state index is 11.6. The smallest absolute Gasteiger partial charge is 0.315 e. The minimum absolute atomic E-state index is 0.0227. The molecular formula is C13H22N2O3. The third-order valence-corrected chi connectivity index (χ3v) is 3.89. The standard InChI is InChI=1S/C13H22N2O3/c16-12(17)10-5-6-11(8-10)15-13(18)14-7-1-2-9-3-4-9/h9-11H,1-8H2,(H,16,17)(H2,14,15,18)/t10-,11+/m1/s1. The van der Waals surface area contributed by atoms with Crippen LogP contribution in [0.3, 0.4) is 0 Å². The summed E-state index contributed by atoms with van der Waals surface area (Å²) in [5.74, 6) is -0.129. The highest BCUT2D eigenvalue weighted by Crippen LogP contribution is 2.33. The van der Waals surface area contributed by atoms with Gasteiger partial charge in [0.25, 0.3) is 0 Å². The fourth-order valence-corrected chi connectivity index (χ4v) is 2.57. The van der Waals surface area contributed by atoms with Crippen LogP contribution >= 0.6 is 0 Å². The monoisotopic (exact) mass is 254 g/mol. The highest BCUT2D eigenvalue weighted by Gasteiger charge is 2.30. The fourth-order valence-electron chi connectivity index (χ4n) is 2.57. The van der Waals surface area contributed by atoms with E-state index in [1.54, 1.807) is 0 Å². The molecule has 0 aromatic rings. The van der Waals surface area contributed by atoms with Gasteiger partial charge in [-0.3, -0.25) is 4.79 Å². The molecule has 0 unspecified atom stereocenters. The van der Waals surface area contributed by atoms with Crippen molar-refractivity contribution in [2.45, 2.75) is 51.0 Å². The third kappa shape index (κ3) is 4.20. The van der Waals surface area contributed by atoms with Gasteiger partial charge in [-0.2, -0.15) is 0 Å². The van der Waals surface area contributed by atoms with Crippen molar-refractivity contribution in [1.82, 2.24) is 10.6 Å². The molecule has 5 nitrogen and oxygen atoms in total. The summed E-state index contributed by atoms with van der Waals surface area (Å²) in [6, 6.07) is -0.128. The van der Waals surface area contributed by atoms with Crippen LogP contribution in [-0.2, 0) is 4.79 Å². The summed E-state index contributed by atoms with van der Waals surface area (Å²) in [5.41, 5.74) is 0. The van der Waals surface area contributed by atoms with E-state index in [-0.39, 0.29) is 18.0 Å². The Hall–Kier alpha value is -1.26. The summed E-state index contributed by atoms with van der Waals surface area (Å²) in [5, 5.41) is 14.6. The molecule has 18 heavy (non-hydrogen) atoms. The van der Waals surface area contributed by atoms with Crippen LogP contribution < -0.4 is 10.6 Å². The Balaban J connectivity index is 1.54. The second kappa shape index (κ2) is 6.07. The molecule has 2 aliphatic rings. The van der Waals surface area contributed by atoms with E-state index < -0.39 is 5.97 Å². The number of amides is 2. The maximum Gasteiger partial charge on any atom is 0.315 e. The molecule has 2 aliphatic carbocycles. The lowest BCUT2D eigenvalue weighted by Crippen LogP contribution is -2.41. The highest BCUT2D eigenvalue weighted by atomic mass is 16.4. The van der Waals surface area contributed by atoms with Crippen molar-refractivity contribution < 1.29 is 14.7 Å². The normalized spacial score (nSPS) is 26.9. The van der Waals surface area contributed by atoms with Gasteiger partial charge in [0.1, 0.15) is 0 Å². The molecule has 3 N–H and O–H groups in total. The number of urea groups is 1. The first-order valence-electron chi connectivity index (χ1n) is 6.92. The predicted octanol–water partition coefficient (Wildman–Crippen LogP) is 1.73. The van der Waals surface area contributed by atoms with Crippen LogP contribution in [0.4, 0.5) is 4.79 Å². The number of nitrogens with one attached hydrogen (secondary N) is 2. The summed E-state index contributed by atoms with van der Waals surface area (Å²) in [6.45, 7) is 0.720. The molecule has 102 valence electrons. The molecular weight excluding hydrogens is 232 g/mol. The number of rotatable bonds is 6. The molecule has 0 radical (unpaired) electrons. The number of carboxylic acid groups (broad SMARTS) is 1. The van der Waals surface area contributed by atoms with Gasteiger partial charge >= 0.3 is 12.0 Å². The molecule has 2 saturated carbocycles. The summed E-state index contributed by atoms with van der Waals surface area (Å²) in [6.07, 6.45) is 6.96. The molecule has 0 aromatic heterocycles. The van der Waals surface area contributed by atoms with E-state index in [4.69, 9.17) is 5.11 Å². The van der Waals surface area contributed by atoms with Crippen LogP contribution in [0.25, 0.3) is 0 Å². The molecule has 2 atom stereocenters. The van der Waals surface area contributed by atoms with Gasteiger partial charge in [-0.1, -0.05) is 12.8 Å². The van der Waals surface area contributed by atoms with Crippen molar-refractivity contribution in [3.63, 3.8) is 0 Å². The van der Waals surface area contributed by atoms with E-state index >= 15 is 0 Å². The Morgan fingerprint density at radius 1 is 1.17 bits per heavy atom. The van der Waals surface area contributed by atoms with E-state index in [2.05, 4.69) is 10.6 Å². The van der Waals surface area contributed by atoms with Crippen LogP contribution in [-0.4, -0.2) is 29.7 Å². The molecule has 0 saturated heterocycles. The van der Waals surface area contributed by atoms with E-state index in [9.17, 15) is 9.59 Å². The Morgan fingerprint density at radius 3 is 2.56 bits per heavy atom. The van der Waals surface area contributed by atoms with E-state index in [1.807, 2.05) is 0 Å².